The highest BCUT2D eigenvalue weighted by Crippen LogP contribution is 2.24. The fourth-order valence-electron chi connectivity index (χ4n) is 1.21. The van der Waals surface area contributed by atoms with Gasteiger partial charge in [-0.15, -0.1) is 11.3 Å². The highest BCUT2D eigenvalue weighted by Gasteiger charge is 1.95. The standard InChI is InChI=1S/C12H10BrNS/c1-9-6-7-10(15-9)8-14-12-5-3-2-4-11(12)13/h2-8H,1H3. The number of rotatable bonds is 2. The summed E-state index contributed by atoms with van der Waals surface area (Å²) in [4.78, 5) is 6.92. The second-order valence-corrected chi connectivity index (χ2v) is 5.33. The average Bonchev–Trinajstić information content (AvgIpc) is 2.63. The molecular weight excluding hydrogens is 270 g/mol. The lowest BCUT2D eigenvalue weighted by Crippen LogP contribution is -1.72. The molecule has 0 unspecified atom stereocenters. The number of aliphatic imine (C=N–C) groups is 1. The number of hydrogen-bond donors (Lipinski definition) is 0. The smallest absolute Gasteiger partial charge is 0.0772 e. The molecule has 0 atom stereocenters. The lowest BCUT2D eigenvalue weighted by atomic mass is 10.3. The molecule has 0 fully saturated rings. The lowest BCUT2D eigenvalue weighted by Gasteiger charge is -1.95. The summed E-state index contributed by atoms with van der Waals surface area (Å²) in [7, 11) is 0. The van der Waals surface area contributed by atoms with Crippen LogP contribution in [0.1, 0.15) is 9.75 Å². The first kappa shape index (κ1) is 10.6. The Bertz CT molecular complexity index is 488. The Labute approximate surface area is 102 Å². The molecule has 1 nitrogen and oxygen atoms in total. The van der Waals surface area contributed by atoms with Gasteiger partial charge < -0.3 is 0 Å². The molecular formula is C12H10BrNS. The molecule has 1 heterocycles. The van der Waals surface area contributed by atoms with E-state index in [1.165, 1.54) is 9.75 Å². The Kier molecular flexibility index (Phi) is 3.34. The van der Waals surface area contributed by atoms with Crippen molar-refractivity contribution in [2.75, 3.05) is 0 Å². The largest absolute Gasteiger partial charge is 0.254 e. The third kappa shape index (κ3) is 2.76. The van der Waals surface area contributed by atoms with Gasteiger partial charge in [-0.05, 0) is 47.1 Å². The van der Waals surface area contributed by atoms with Crippen LogP contribution in [-0.4, -0.2) is 6.21 Å². The topological polar surface area (TPSA) is 12.4 Å². The van der Waals surface area contributed by atoms with Crippen molar-refractivity contribution < 1.29 is 0 Å². The van der Waals surface area contributed by atoms with Gasteiger partial charge in [0.2, 0.25) is 0 Å². The van der Waals surface area contributed by atoms with Gasteiger partial charge in [0.05, 0.1) is 5.69 Å². The number of aryl methyl sites for hydroxylation is 1. The van der Waals surface area contributed by atoms with Gasteiger partial charge in [-0.3, -0.25) is 4.99 Å². The van der Waals surface area contributed by atoms with Crippen LogP contribution in [0.15, 0.2) is 45.9 Å². The van der Waals surface area contributed by atoms with Crippen LogP contribution >= 0.6 is 27.3 Å². The summed E-state index contributed by atoms with van der Waals surface area (Å²) in [6.07, 6.45) is 1.90. The van der Waals surface area contributed by atoms with Gasteiger partial charge >= 0.3 is 0 Å². The molecule has 1 aromatic carbocycles. The monoisotopic (exact) mass is 279 g/mol. The molecule has 0 bridgehead atoms. The molecule has 0 radical (unpaired) electrons. The third-order valence-electron chi connectivity index (χ3n) is 1.94. The van der Waals surface area contributed by atoms with Crippen LogP contribution < -0.4 is 0 Å². The number of hydrogen-bond acceptors (Lipinski definition) is 2. The predicted molar refractivity (Wildman–Crippen MR) is 70.5 cm³/mol. The second-order valence-electron chi connectivity index (χ2n) is 3.16. The van der Waals surface area contributed by atoms with Gasteiger partial charge in [0.15, 0.2) is 0 Å². The van der Waals surface area contributed by atoms with Crippen molar-refractivity contribution in [3.05, 3.63) is 50.6 Å². The summed E-state index contributed by atoms with van der Waals surface area (Å²) in [5.74, 6) is 0. The summed E-state index contributed by atoms with van der Waals surface area (Å²) in [6.45, 7) is 2.10. The Morgan fingerprint density at radius 2 is 2.00 bits per heavy atom. The Morgan fingerprint density at radius 3 is 2.67 bits per heavy atom. The van der Waals surface area contributed by atoms with Crippen molar-refractivity contribution in [3.63, 3.8) is 0 Å². The van der Waals surface area contributed by atoms with E-state index in [0.717, 1.165) is 10.2 Å². The van der Waals surface area contributed by atoms with E-state index >= 15 is 0 Å². The predicted octanol–water partition coefficient (Wildman–Crippen LogP) is 4.57. The zero-order chi connectivity index (χ0) is 10.7. The van der Waals surface area contributed by atoms with Crippen LogP contribution in [0.2, 0.25) is 0 Å². The van der Waals surface area contributed by atoms with E-state index in [9.17, 15) is 0 Å². The van der Waals surface area contributed by atoms with Crippen LogP contribution in [-0.2, 0) is 0 Å². The van der Waals surface area contributed by atoms with Crippen LogP contribution in [0.4, 0.5) is 5.69 Å². The molecule has 76 valence electrons. The molecule has 2 aromatic rings. The summed E-state index contributed by atoms with van der Waals surface area (Å²) >= 11 is 5.21. The fraction of sp³-hybridized carbons (Fsp3) is 0.0833. The summed E-state index contributed by atoms with van der Waals surface area (Å²) in [5, 5.41) is 0. The molecule has 0 saturated carbocycles. The maximum absolute atomic E-state index is 4.43. The molecule has 0 amide bonds. The van der Waals surface area contributed by atoms with Gasteiger partial charge in [-0.1, -0.05) is 12.1 Å². The minimum absolute atomic E-state index is 0.962. The zero-order valence-corrected chi connectivity index (χ0v) is 10.7. The van der Waals surface area contributed by atoms with E-state index in [1.807, 2.05) is 30.5 Å². The van der Waals surface area contributed by atoms with Crippen LogP contribution in [0, 0.1) is 6.92 Å². The lowest BCUT2D eigenvalue weighted by molar-refractivity contribution is 1.50. The Hall–Kier alpha value is -0.930. The van der Waals surface area contributed by atoms with Gasteiger partial charge in [0.1, 0.15) is 0 Å². The first-order valence-electron chi connectivity index (χ1n) is 4.61. The highest BCUT2D eigenvalue weighted by molar-refractivity contribution is 9.10. The molecule has 0 aliphatic heterocycles. The third-order valence-corrected chi connectivity index (χ3v) is 3.55. The zero-order valence-electron chi connectivity index (χ0n) is 8.27. The van der Waals surface area contributed by atoms with Gasteiger partial charge in [-0.2, -0.15) is 0 Å². The molecule has 1 aromatic heterocycles. The maximum Gasteiger partial charge on any atom is 0.0772 e. The van der Waals surface area contributed by atoms with Crippen molar-refractivity contribution in [1.82, 2.24) is 0 Å². The molecule has 3 heteroatoms. The highest BCUT2D eigenvalue weighted by atomic mass is 79.9. The minimum Gasteiger partial charge on any atom is -0.254 e. The fourth-order valence-corrected chi connectivity index (χ4v) is 2.35. The Balaban J connectivity index is 2.22. The summed E-state index contributed by atoms with van der Waals surface area (Å²) < 4.78 is 1.02. The molecule has 0 spiro atoms. The van der Waals surface area contributed by atoms with Gasteiger partial charge in [0.25, 0.3) is 0 Å². The van der Waals surface area contributed by atoms with E-state index in [0.29, 0.717) is 0 Å². The molecule has 15 heavy (non-hydrogen) atoms. The molecule has 0 N–H and O–H groups in total. The maximum atomic E-state index is 4.43. The SMILES string of the molecule is Cc1ccc(C=Nc2ccccc2Br)s1. The molecule has 0 saturated heterocycles. The van der Waals surface area contributed by atoms with Crippen molar-refractivity contribution in [2.45, 2.75) is 6.92 Å². The number of benzene rings is 1. The van der Waals surface area contributed by atoms with E-state index in [-0.39, 0.29) is 0 Å². The minimum atomic E-state index is 0.962. The van der Waals surface area contributed by atoms with Gasteiger partial charge in [-0.25, -0.2) is 0 Å². The molecule has 2 rings (SSSR count). The van der Waals surface area contributed by atoms with Crippen LogP contribution in [0.3, 0.4) is 0 Å². The van der Waals surface area contributed by atoms with E-state index in [1.54, 1.807) is 11.3 Å². The molecule has 0 aliphatic rings. The second kappa shape index (κ2) is 4.73. The van der Waals surface area contributed by atoms with Crippen LogP contribution in [0.5, 0.6) is 0 Å². The van der Waals surface area contributed by atoms with E-state index in [2.05, 4.69) is 40.0 Å². The Morgan fingerprint density at radius 1 is 1.20 bits per heavy atom. The summed E-state index contributed by atoms with van der Waals surface area (Å²) in [5.41, 5.74) is 0.962. The molecule has 0 aliphatic carbocycles. The van der Waals surface area contributed by atoms with E-state index in [4.69, 9.17) is 0 Å². The number of nitrogens with zero attached hydrogens (tertiary/aromatic N) is 1. The normalized spacial score (nSPS) is 11.1. The van der Waals surface area contributed by atoms with Crippen LogP contribution in [0.25, 0.3) is 0 Å². The number of para-hydroxylation sites is 1. The number of halogens is 1. The quantitative estimate of drug-likeness (QED) is 0.714. The van der Waals surface area contributed by atoms with Crippen molar-refractivity contribution >= 4 is 39.2 Å². The van der Waals surface area contributed by atoms with E-state index < -0.39 is 0 Å². The van der Waals surface area contributed by atoms with Crippen molar-refractivity contribution in [1.29, 1.82) is 0 Å². The number of thiophene rings is 1. The van der Waals surface area contributed by atoms with Crippen molar-refractivity contribution in [2.24, 2.45) is 4.99 Å². The first-order chi connectivity index (χ1) is 7.25. The first-order valence-corrected chi connectivity index (χ1v) is 6.22. The van der Waals surface area contributed by atoms with Gasteiger partial charge in [0, 0.05) is 20.4 Å². The average molecular weight is 280 g/mol. The summed E-state index contributed by atoms with van der Waals surface area (Å²) in [6, 6.07) is 12.1. The van der Waals surface area contributed by atoms with Crippen molar-refractivity contribution in [3.8, 4) is 0 Å².